The van der Waals surface area contributed by atoms with Gasteiger partial charge in [-0.1, -0.05) is 36.4 Å². The van der Waals surface area contributed by atoms with Crippen LogP contribution >= 0.6 is 0 Å². The molecular weight excluding hydrogens is 454 g/mol. The van der Waals surface area contributed by atoms with E-state index in [9.17, 15) is 14.9 Å². The zero-order valence-corrected chi connectivity index (χ0v) is 20.9. The summed E-state index contributed by atoms with van der Waals surface area (Å²) in [5.41, 5.74) is 6.17. The van der Waals surface area contributed by atoms with Gasteiger partial charge in [0.2, 0.25) is 0 Å². The molecule has 36 heavy (non-hydrogen) atoms. The Hall–Kier alpha value is -3.71. The fraction of sp³-hybridized carbons (Fsp3) is 0.345. The Morgan fingerprint density at radius 1 is 1.06 bits per heavy atom. The summed E-state index contributed by atoms with van der Waals surface area (Å²) in [4.78, 5) is 23.7. The number of nitro groups is 1. The summed E-state index contributed by atoms with van der Waals surface area (Å²) in [5, 5.41) is 15.1. The van der Waals surface area contributed by atoms with E-state index in [0.29, 0.717) is 12.2 Å². The van der Waals surface area contributed by atoms with Crippen LogP contribution < -0.4 is 5.32 Å². The van der Waals surface area contributed by atoms with E-state index >= 15 is 0 Å². The van der Waals surface area contributed by atoms with Crippen molar-refractivity contribution in [3.8, 4) is 0 Å². The molecule has 0 aromatic heterocycles. The number of nitrogens with one attached hydrogen (secondary N) is 1. The second kappa shape index (κ2) is 9.39. The molecule has 0 amide bonds. The monoisotopic (exact) mass is 486 g/mol. The van der Waals surface area contributed by atoms with Gasteiger partial charge in [0.15, 0.2) is 0 Å². The first-order chi connectivity index (χ1) is 17.2. The van der Waals surface area contributed by atoms with Gasteiger partial charge in [0.25, 0.3) is 5.69 Å². The third-order valence-electron chi connectivity index (χ3n) is 7.31. The third-order valence-corrected chi connectivity index (χ3v) is 7.31. The number of ether oxygens (including phenoxy) is 1. The molecule has 3 atom stereocenters. The van der Waals surface area contributed by atoms with Crippen molar-refractivity contribution >= 4 is 17.3 Å². The van der Waals surface area contributed by atoms with E-state index in [1.165, 1.54) is 11.1 Å². The SMILES string of the molecule is C[N+](C)(C)CCCOC(=O)c1ccc(C2Nc3ccc([N+](=O)[O-])cc3C3c4ccccc4CC23)cc1. The molecule has 0 saturated heterocycles. The largest absolute Gasteiger partial charge is 0.462 e. The second-order valence-electron chi connectivity index (χ2n) is 10.8. The summed E-state index contributed by atoms with van der Waals surface area (Å²) >= 11 is 0. The fourth-order valence-electron chi connectivity index (χ4n) is 5.61. The Kier molecular flexibility index (Phi) is 6.26. The molecule has 0 radical (unpaired) electrons. The fourth-order valence-corrected chi connectivity index (χ4v) is 5.61. The lowest BCUT2D eigenvalue weighted by molar-refractivity contribution is -0.870. The van der Waals surface area contributed by atoms with Crippen LogP contribution in [0.5, 0.6) is 0 Å². The summed E-state index contributed by atoms with van der Waals surface area (Å²) in [6.07, 6.45) is 1.71. The van der Waals surface area contributed by atoms with Gasteiger partial charge < -0.3 is 14.5 Å². The van der Waals surface area contributed by atoms with Gasteiger partial charge in [-0.15, -0.1) is 0 Å². The summed E-state index contributed by atoms with van der Waals surface area (Å²) in [6, 6.07) is 21.2. The predicted octanol–water partition coefficient (Wildman–Crippen LogP) is 5.32. The number of carbonyl (C=O) groups is 1. The number of quaternary nitrogens is 1. The Morgan fingerprint density at radius 3 is 2.53 bits per heavy atom. The van der Waals surface area contributed by atoms with Crippen LogP contribution in [-0.4, -0.2) is 49.7 Å². The number of nitrogens with zero attached hydrogens (tertiary/aromatic N) is 2. The van der Waals surface area contributed by atoms with Crippen molar-refractivity contribution < 1.29 is 18.9 Å². The number of hydrogen-bond acceptors (Lipinski definition) is 5. The highest BCUT2D eigenvalue weighted by Crippen LogP contribution is 2.54. The third kappa shape index (κ3) is 4.71. The van der Waals surface area contributed by atoms with Gasteiger partial charge in [-0.2, -0.15) is 0 Å². The van der Waals surface area contributed by atoms with Crippen LogP contribution in [0.1, 0.15) is 51.0 Å². The number of non-ortho nitro benzene ring substituents is 1. The van der Waals surface area contributed by atoms with Gasteiger partial charge in [0.05, 0.1) is 50.8 Å². The molecule has 1 N–H and O–H groups in total. The van der Waals surface area contributed by atoms with E-state index in [4.69, 9.17) is 4.74 Å². The Labute approximate surface area is 211 Å². The highest BCUT2D eigenvalue weighted by atomic mass is 16.6. The standard InChI is InChI=1S/C29H32N3O4/c1-32(2,3)15-6-16-36-29(33)20-11-9-19(10-12-20)28-25-17-21-7-4-5-8-23(21)27(25)24-18-22(31(34)35)13-14-26(24)30-28/h4-5,7-14,18,25,27-28,30H,6,15-17H2,1-3H3/q+1. The zero-order chi connectivity index (χ0) is 25.4. The van der Waals surface area contributed by atoms with Crippen molar-refractivity contribution in [2.45, 2.75) is 24.8 Å². The lowest BCUT2D eigenvalue weighted by Gasteiger charge is -2.38. The zero-order valence-electron chi connectivity index (χ0n) is 20.9. The van der Waals surface area contributed by atoms with E-state index in [2.05, 4.69) is 38.6 Å². The number of fused-ring (bicyclic) bond motifs is 5. The smallest absolute Gasteiger partial charge is 0.338 e. The lowest BCUT2D eigenvalue weighted by atomic mass is 9.75. The number of benzene rings is 3. The van der Waals surface area contributed by atoms with E-state index in [1.807, 2.05) is 42.5 Å². The first kappa shape index (κ1) is 24.0. The minimum Gasteiger partial charge on any atom is -0.462 e. The maximum atomic E-state index is 12.5. The van der Waals surface area contributed by atoms with Gasteiger partial charge >= 0.3 is 5.97 Å². The van der Waals surface area contributed by atoms with Gasteiger partial charge in [-0.3, -0.25) is 10.1 Å². The maximum absolute atomic E-state index is 12.5. The van der Waals surface area contributed by atoms with Gasteiger partial charge in [0, 0.05) is 30.2 Å². The van der Waals surface area contributed by atoms with Crippen molar-refractivity contribution in [1.29, 1.82) is 0 Å². The van der Waals surface area contributed by atoms with Crippen LogP contribution in [0, 0.1) is 16.0 Å². The van der Waals surface area contributed by atoms with Gasteiger partial charge in [-0.25, -0.2) is 4.79 Å². The molecule has 7 nitrogen and oxygen atoms in total. The average Bonchev–Trinajstić information content (AvgIpc) is 3.25. The molecule has 0 bridgehead atoms. The highest BCUT2D eigenvalue weighted by Gasteiger charge is 2.43. The molecule has 1 aliphatic heterocycles. The molecule has 3 aromatic rings. The number of esters is 1. The quantitative estimate of drug-likeness (QED) is 0.161. The number of anilines is 1. The number of rotatable bonds is 7. The minimum atomic E-state index is -0.331. The molecule has 3 aromatic carbocycles. The number of carbonyl (C=O) groups excluding carboxylic acids is 1. The average molecular weight is 487 g/mol. The molecular formula is C29H32N3O4+. The van der Waals surface area contributed by atoms with Gasteiger partial charge in [-0.05, 0) is 52.8 Å². The van der Waals surface area contributed by atoms with Crippen LogP contribution in [0.2, 0.25) is 0 Å². The summed E-state index contributed by atoms with van der Waals surface area (Å²) in [5.74, 6) is -0.0122. The molecule has 7 heteroatoms. The number of hydrogen-bond donors (Lipinski definition) is 1. The summed E-state index contributed by atoms with van der Waals surface area (Å²) in [6.45, 7) is 1.35. The first-order valence-electron chi connectivity index (χ1n) is 12.4. The van der Waals surface area contributed by atoms with E-state index in [0.717, 1.165) is 40.7 Å². The predicted molar refractivity (Wildman–Crippen MR) is 139 cm³/mol. The van der Waals surface area contributed by atoms with Crippen molar-refractivity contribution in [1.82, 2.24) is 0 Å². The topological polar surface area (TPSA) is 81.5 Å². The molecule has 186 valence electrons. The molecule has 5 rings (SSSR count). The van der Waals surface area contributed by atoms with Crippen molar-refractivity contribution in [2.24, 2.45) is 5.92 Å². The summed E-state index contributed by atoms with van der Waals surface area (Å²) < 4.78 is 6.31. The van der Waals surface area contributed by atoms with Crippen molar-refractivity contribution in [3.05, 3.63) is 105 Å². The molecule has 1 heterocycles. The molecule has 0 fully saturated rings. The Bertz CT molecular complexity index is 1300. The van der Waals surface area contributed by atoms with Crippen LogP contribution in [-0.2, 0) is 11.2 Å². The van der Waals surface area contributed by atoms with Crippen LogP contribution in [0.15, 0.2) is 66.7 Å². The summed E-state index contributed by atoms with van der Waals surface area (Å²) in [7, 11) is 6.35. The van der Waals surface area contributed by atoms with Crippen molar-refractivity contribution in [2.75, 3.05) is 39.6 Å². The molecule has 3 unspecified atom stereocenters. The van der Waals surface area contributed by atoms with E-state index in [1.54, 1.807) is 12.1 Å². The maximum Gasteiger partial charge on any atom is 0.338 e. The minimum absolute atomic E-state index is 0.0194. The van der Waals surface area contributed by atoms with Crippen molar-refractivity contribution in [3.63, 3.8) is 0 Å². The normalized spacial score (nSPS) is 20.0. The van der Waals surface area contributed by atoms with Crippen LogP contribution in [0.3, 0.4) is 0 Å². The van der Waals surface area contributed by atoms with E-state index in [-0.39, 0.29) is 34.5 Å². The highest BCUT2D eigenvalue weighted by molar-refractivity contribution is 5.89. The number of nitro benzene ring substituents is 1. The molecule has 1 aliphatic carbocycles. The van der Waals surface area contributed by atoms with Crippen LogP contribution in [0.25, 0.3) is 0 Å². The van der Waals surface area contributed by atoms with Gasteiger partial charge in [0.1, 0.15) is 0 Å². The Morgan fingerprint density at radius 2 is 1.81 bits per heavy atom. The first-order valence-corrected chi connectivity index (χ1v) is 12.4. The molecule has 0 spiro atoms. The molecule has 0 saturated carbocycles. The lowest BCUT2D eigenvalue weighted by Crippen LogP contribution is -2.35. The molecule has 2 aliphatic rings. The Balaban J connectivity index is 1.39. The van der Waals surface area contributed by atoms with Crippen LogP contribution in [0.4, 0.5) is 11.4 Å². The van der Waals surface area contributed by atoms with E-state index < -0.39 is 0 Å². The second-order valence-corrected chi connectivity index (χ2v) is 10.8.